The van der Waals surface area contributed by atoms with Crippen LogP contribution in [-0.4, -0.2) is 0 Å². The summed E-state index contributed by atoms with van der Waals surface area (Å²) in [4.78, 5) is 0. The average Bonchev–Trinajstić information content (AvgIpc) is 2.34. The van der Waals surface area contributed by atoms with Crippen LogP contribution in [0.2, 0.25) is 0 Å². The molecule has 0 aromatic heterocycles. The zero-order chi connectivity index (χ0) is 12.3. The first-order chi connectivity index (χ1) is 8.19. The van der Waals surface area contributed by atoms with Gasteiger partial charge in [-0.05, 0) is 45.8 Å². The van der Waals surface area contributed by atoms with E-state index in [2.05, 4.69) is 15.9 Å². The molecule has 0 aliphatic rings. The van der Waals surface area contributed by atoms with Crippen LogP contribution in [0.5, 0.6) is 11.5 Å². The topological polar surface area (TPSA) is 35.2 Å². The third-order valence-electron chi connectivity index (χ3n) is 2.26. The third kappa shape index (κ3) is 3.05. The first-order valence-electron chi connectivity index (χ1n) is 5.11. The Bertz CT molecular complexity index is 531. The molecule has 2 aromatic rings. The van der Waals surface area contributed by atoms with E-state index in [-0.39, 0.29) is 5.82 Å². The van der Waals surface area contributed by atoms with Gasteiger partial charge in [-0.15, -0.1) is 0 Å². The predicted molar refractivity (Wildman–Crippen MR) is 68.5 cm³/mol. The van der Waals surface area contributed by atoms with Crippen LogP contribution in [0.4, 0.5) is 4.39 Å². The lowest BCUT2D eigenvalue weighted by Gasteiger charge is -2.08. The minimum atomic E-state index is -0.335. The van der Waals surface area contributed by atoms with Gasteiger partial charge in [0.1, 0.15) is 17.3 Å². The van der Waals surface area contributed by atoms with Crippen LogP contribution in [0.1, 0.15) is 5.56 Å². The van der Waals surface area contributed by atoms with Crippen molar-refractivity contribution in [2.45, 2.75) is 6.54 Å². The summed E-state index contributed by atoms with van der Waals surface area (Å²) < 4.78 is 19.4. The SMILES string of the molecule is NCc1cccc(Oc2cc(F)ccc2Br)c1. The first-order valence-corrected chi connectivity index (χ1v) is 5.90. The molecule has 2 nitrogen and oxygen atoms in total. The van der Waals surface area contributed by atoms with Crippen molar-refractivity contribution in [3.63, 3.8) is 0 Å². The molecule has 0 saturated carbocycles. The fourth-order valence-electron chi connectivity index (χ4n) is 1.42. The molecular formula is C13H11BrFNO. The van der Waals surface area contributed by atoms with Gasteiger partial charge in [0.05, 0.1) is 4.47 Å². The molecule has 0 bridgehead atoms. The maximum atomic E-state index is 13.1. The molecule has 0 aliphatic carbocycles. The Labute approximate surface area is 107 Å². The zero-order valence-corrected chi connectivity index (χ0v) is 10.6. The minimum Gasteiger partial charge on any atom is -0.456 e. The van der Waals surface area contributed by atoms with E-state index in [1.807, 2.05) is 18.2 Å². The normalized spacial score (nSPS) is 10.3. The maximum absolute atomic E-state index is 13.1. The summed E-state index contributed by atoms with van der Waals surface area (Å²) in [6.07, 6.45) is 0. The molecule has 0 unspecified atom stereocenters. The van der Waals surface area contributed by atoms with Crippen LogP contribution in [0.15, 0.2) is 46.9 Å². The Morgan fingerprint density at radius 1 is 1.18 bits per heavy atom. The van der Waals surface area contributed by atoms with E-state index in [9.17, 15) is 4.39 Å². The number of hydrogen-bond donors (Lipinski definition) is 1. The van der Waals surface area contributed by atoms with Gasteiger partial charge in [0.25, 0.3) is 0 Å². The average molecular weight is 296 g/mol. The molecule has 0 aliphatic heterocycles. The lowest BCUT2D eigenvalue weighted by molar-refractivity contribution is 0.473. The number of benzene rings is 2. The molecule has 2 N–H and O–H groups in total. The van der Waals surface area contributed by atoms with Crippen molar-refractivity contribution in [2.75, 3.05) is 0 Å². The predicted octanol–water partition coefficient (Wildman–Crippen LogP) is 3.84. The summed E-state index contributed by atoms with van der Waals surface area (Å²) >= 11 is 3.31. The molecule has 88 valence electrons. The standard InChI is InChI=1S/C13H11BrFNO/c14-12-5-4-10(15)7-13(12)17-11-3-1-2-9(6-11)8-16/h1-7H,8,16H2. The Balaban J connectivity index is 2.27. The van der Waals surface area contributed by atoms with Gasteiger partial charge < -0.3 is 10.5 Å². The molecule has 0 radical (unpaired) electrons. The fourth-order valence-corrected chi connectivity index (χ4v) is 1.75. The van der Waals surface area contributed by atoms with E-state index >= 15 is 0 Å². The molecule has 2 aromatic carbocycles. The van der Waals surface area contributed by atoms with Gasteiger partial charge in [-0.25, -0.2) is 4.39 Å². The number of hydrogen-bond acceptors (Lipinski definition) is 2. The van der Waals surface area contributed by atoms with Gasteiger partial charge >= 0.3 is 0 Å². The molecule has 0 saturated heterocycles. The Hall–Kier alpha value is -1.39. The van der Waals surface area contributed by atoms with Gasteiger partial charge in [-0.1, -0.05) is 12.1 Å². The highest BCUT2D eigenvalue weighted by Crippen LogP contribution is 2.30. The Morgan fingerprint density at radius 3 is 2.76 bits per heavy atom. The van der Waals surface area contributed by atoms with E-state index in [4.69, 9.17) is 10.5 Å². The number of halogens is 2. The smallest absolute Gasteiger partial charge is 0.144 e. The van der Waals surface area contributed by atoms with E-state index in [0.717, 1.165) is 5.56 Å². The summed E-state index contributed by atoms with van der Waals surface area (Å²) in [5.41, 5.74) is 6.51. The van der Waals surface area contributed by atoms with Crippen molar-refractivity contribution < 1.29 is 9.13 Å². The van der Waals surface area contributed by atoms with Crippen LogP contribution in [0, 0.1) is 5.82 Å². The largest absolute Gasteiger partial charge is 0.456 e. The molecule has 17 heavy (non-hydrogen) atoms. The van der Waals surface area contributed by atoms with Gasteiger partial charge in [0, 0.05) is 12.6 Å². The third-order valence-corrected chi connectivity index (χ3v) is 2.91. The molecule has 4 heteroatoms. The molecule has 0 heterocycles. The highest BCUT2D eigenvalue weighted by Gasteiger charge is 2.04. The monoisotopic (exact) mass is 295 g/mol. The summed E-state index contributed by atoms with van der Waals surface area (Å²) in [6, 6.07) is 11.7. The lowest BCUT2D eigenvalue weighted by atomic mass is 10.2. The zero-order valence-electron chi connectivity index (χ0n) is 8.99. The van der Waals surface area contributed by atoms with Crippen LogP contribution < -0.4 is 10.5 Å². The van der Waals surface area contributed by atoms with Gasteiger partial charge in [-0.3, -0.25) is 0 Å². The molecule has 0 amide bonds. The fraction of sp³-hybridized carbons (Fsp3) is 0.0769. The minimum absolute atomic E-state index is 0.335. The van der Waals surface area contributed by atoms with Crippen molar-refractivity contribution in [2.24, 2.45) is 5.73 Å². The van der Waals surface area contributed by atoms with Gasteiger partial charge in [-0.2, -0.15) is 0 Å². The Kier molecular flexibility index (Phi) is 3.76. The molecule has 0 spiro atoms. The molecule has 0 fully saturated rings. The van der Waals surface area contributed by atoms with Crippen LogP contribution in [-0.2, 0) is 6.54 Å². The quantitative estimate of drug-likeness (QED) is 0.934. The van der Waals surface area contributed by atoms with Crippen LogP contribution in [0.25, 0.3) is 0 Å². The van der Waals surface area contributed by atoms with E-state index in [1.54, 1.807) is 12.1 Å². The molecular weight excluding hydrogens is 285 g/mol. The van der Waals surface area contributed by atoms with Crippen molar-refractivity contribution in [1.82, 2.24) is 0 Å². The second-order valence-electron chi connectivity index (χ2n) is 3.53. The molecule has 2 rings (SSSR count). The second kappa shape index (κ2) is 5.29. The lowest BCUT2D eigenvalue weighted by Crippen LogP contribution is -1.96. The van der Waals surface area contributed by atoms with Gasteiger partial charge in [0.15, 0.2) is 0 Å². The van der Waals surface area contributed by atoms with Gasteiger partial charge in [0.2, 0.25) is 0 Å². The van der Waals surface area contributed by atoms with E-state index in [0.29, 0.717) is 22.5 Å². The second-order valence-corrected chi connectivity index (χ2v) is 4.38. The summed E-state index contributed by atoms with van der Waals surface area (Å²) in [7, 11) is 0. The number of ether oxygens (including phenoxy) is 1. The van der Waals surface area contributed by atoms with Crippen molar-refractivity contribution in [3.8, 4) is 11.5 Å². The Morgan fingerprint density at radius 2 is 2.00 bits per heavy atom. The van der Waals surface area contributed by atoms with Crippen LogP contribution in [0.3, 0.4) is 0 Å². The van der Waals surface area contributed by atoms with Crippen molar-refractivity contribution in [1.29, 1.82) is 0 Å². The summed E-state index contributed by atoms with van der Waals surface area (Å²) in [6.45, 7) is 0.446. The highest BCUT2D eigenvalue weighted by atomic mass is 79.9. The van der Waals surface area contributed by atoms with Crippen molar-refractivity contribution >= 4 is 15.9 Å². The molecule has 0 atom stereocenters. The summed E-state index contributed by atoms with van der Waals surface area (Å²) in [5.74, 6) is 0.747. The maximum Gasteiger partial charge on any atom is 0.144 e. The number of rotatable bonds is 3. The summed E-state index contributed by atoms with van der Waals surface area (Å²) in [5, 5.41) is 0. The number of nitrogens with two attached hydrogens (primary N) is 1. The highest BCUT2D eigenvalue weighted by molar-refractivity contribution is 9.10. The van der Waals surface area contributed by atoms with Crippen molar-refractivity contribution in [3.05, 3.63) is 58.3 Å². The van der Waals surface area contributed by atoms with Crippen LogP contribution >= 0.6 is 15.9 Å². The van der Waals surface area contributed by atoms with E-state index in [1.165, 1.54) is 12.1 Å². The first kappa shape index (κ1) is 12.1. The van der Waals surface area contributed by atoms with E-state index < -0.39 is 0 Å².